The molecule has 2 aliphatic heterocycles. The first-order valence-electron chi connectivity index (χ1n) is 16.1. The monoisotopic (exact) mass is 638 g/mol. The fourth-order valence-electron chi connectivity index (χ4n) is 7.01. The number of fused-ring (bicyclic) bond motifs is 2. The minimum atomic E-state index is -0.691. The number of piperidine rings is 1. The predicted molar refractivity (Wildman–Crippen MR) is 181 cm³/mol. The molecule has 10 heteroatoms. The molecule has 2 aromatic heterocycles. The third-order valence-electron chi connectivity index (χ3n) is 9.91. The molecule has 0 radical (unpaired) electrons. The van der Waals surface area contributed by atoms with Gasteiger partial charge in [0, 0.05) is 43.3 Å². The number of carbonyl (C=O) groups excluding carboxylic acids is 1. The number of pyridine rings is 1. The van der Waals surface area contributed by atoms with Crippen LogP contribution in [0.2, 0.25) is 0 Å². The van der Waals surface area contributed by atoms with Crippen molar-refractivity contribution in [2.75, 3.05) is 45.2 Å². The number of benzene rings is 2. The number of ether oxygens (including phenoxy) is 1. The van der Waals surface area contributed by atoms with Crippen molar-refractivity contribution in [3.05, 3.63) is 66.4 Å². The van der Waals surface area contributed by atoms with E-state index in [1.54, 1.807) is 30.5 Å². The second kappa shape index (κ2) is 12.9. The third-order valence-corrected chi connectivity index (χ3v) is 9.91. The van der Waals surface area contributed by atoms with Gasteiger partial charge in [0.15, 0.2) is 5.82 Å². The number of rotatable bonds is 8. The Morgan fingerprint density at radius 2 is 2.02 bits per heavy atom. The van der Waals surface area contributed by atoms with Crippen molar-refractivity contribution in [3.63, 3.8) is 0 Å². The van der Waals surface area contributed by atoms with Gasteiger partial charge in [-0.2, -0.15) is 9.97 Å². The van der Waals surface area contributed by atoms with E-state index in [0.29, 0.717) is 47.2 Å². The van der Waals surface area contributed by atoms with Crippen LogP contribution in [0, 0.1) is 29.4 Å². The molecule has 0 unspecified atom stereocenters. The highest BCUT2D eigenvalue weighted by atomic mass is 19.1. The lowest BCUT2D eigenvalue weighted by Gasteiger charge is -2.36. The van der Waals surface area contributed by atoms with Gasteiger partial charge >= 0.3 is 6.01 Å². The van der Waals surface area contributed by atoms with E-state index in [-0.39, 0.29) is 46.2 Å². The largest absolute Gasteiger partial charge is 0.462 e. The number of carbonyl (C=O) groups is 1. The standard InChI is InChI=1S/C37H40F2N6O2/c1-7-25-28(38)16-15-23-12-11-14-26(31(23)25)33-32(39)34-27(20-40-33)35(42-36(41-34)47-22-24-13-9-10-18-43(24)5)44(6)21-29-37(3,4)17-19-45(29)30(46)8-2/h1,8,11-12,14-16,20,24,29H,2,9-10,13,17-19,21-22H2,3-6H3/t24-,29+/m0/s1. The van der Waals surface area contributed by atoms with E-state index in [2.05, 4.69) is 48.3 Å². The number of anilines is 1. The summed E-state index contributed by atoms with van der Waals surface area (Å²) in [6.07, 6.45) is 12.7. The van der Waals surface area contributed by atoms with Gasteiger partial charge in [-0.3, -0.25) is 9.78 Å². The number of likely N-dealkylation sites (N-methyl/N-ethyl adjacent to an activating group) is 2. The van der Waals surface area contributed by atoms with Crippen LogP contribution < -0.4 is 9.64 Å². The zero-order valence-electron chi connectivity index (χ0n) is 27.4. The lowest BCUT2D eigenvalue weighted by atomic mass is 9.84. The van der Waals surface area contributed by atoms with Crippen LogP contribution in [0.15, 0.2) is 49.2 Å². The molecule has 1 amide bonds. The Labute approximate surface area is 274 Å². The van der Waals surface area contributed by atoms with Crippen molar-refractivity contribution in [2.45, 2.75) is 51.6 Å². The van der Waals surface area contributed by atoms with E-state index in [4.69, 9.17) is 16.1 Å². The van der Waals surface area contributed by atoms with Crippen molar-refractivity contribution in [2.24, 2.45) is 5.41 Å². The van der Waals surface area contributed by atoms with Crippen LogP contribution in [0.5, 0.6) is 6.01 Å². The fraction of sp³-hybridized carbons (Fsp3) is 0.405. The minimum absolute atomic E-state index is 0.00449. The molecular weight excluding hydrogens is 598 g/mol. The van der Waals surface area contributed by atoms with Crippen LogP contribution in [-0.2, 0) is 4.79 Å². The van der Waals surface area contributed by atoms with E-state index in [9.17, 15) is 9.18 Å². The molecule has 0 saturated carbocycles. The summed E-state index contributed by atoms with van der Waals surface area (Å²) in [5, 5.41) is 1.45. The predicted octanol–water partition coefficient (Wildman–Crippen LogP) is 6.22. The van der Waals surface area contributed by atoms with Crippen LogP contribution in [0.1, 0.15) is 45.1 Å². The van der Waals surface area contributed by atoms with Crippen LogP contribution in [0.4, 0.5) is 14.6 Å². The molecule has 0 bridgehead atoms. The Hall–Kier alpha value is -4.62. The number of aromatic nitrogens is 3. The lowest BCUT2D eigenvalue weighted by molar-refractivity contribution is -0.127. The van der Waals surface area contributed by atoms with Crippen molar-refractivity contribution in [1.82, 2.24) is 24.8 Å². The summed E-state index contributed by atoms with van der Waals surface area (Å²) in [6, 6.07) is 8.25. The molecule has 47 heavy (non-hydrogen) atoms. The van der Waals surface area contributed by atoms with Crippen LogP contribution in [-0.4, -0.2) is 83.1 Å². The molecule has 0 spiro atoms. The maximum atomic E-state index is 16.8. The van der Waals surface area contributed by atoms with E-state index in [1.165, 1.54) is 12.1 Å². The van der Waals surface area contributed by atoms with Gasteiger partial charge in [0.2, 0.25) is 5.91 Å². The normalized spacial score (nSPS) is 19.6. The number of amides is 1. The zero-order chi connectivity index (χ0) is 33.5. The summed E-state index contributed by atoms with van der Waals surface area (Å²) in [4.78, 5) is 32.7. The summed E-state index contributed by atoms with van der Waals surface area (Å²) < 4.78 is 37.8. The number of halogens is 2. The van der Waals surface area contributed by atoms with Gasteiger partial charge in [0.1, 0.15) is 29.5 Å². The molecule has 8 nitrogen and oxygen atoms in total. The fourth-order valence-corrected chi connectivity index (χ4v) is 7.01. The molecule has 2 aromatic carbocycles. The maximum absolute atomic E-state index is 16.8. The lowest BCUT2D eigenvalue weighted by Crippen LogP contribution is -2.47. The summed E-state index contributed by atoms with van der Waals surface area (Å²) in [5.41, 5.74) is 0.256. The Morgan fingerprint density at radius 1 is 1.21 bits per heavy atom. The number of likely N-dealkylation sites (tertiary alicyclic amines) is 2. The maximum Gasteiger partial charge on any atom is 0.319 e. The Bertz CT molecular complexity index is 1900. The molecular formula is C37H40F2N6O2. The minimum Gasteiger partial charge on any atom is -0.462 e. The molecule has 4 heterocycles. The highest BCUT2D eigenvalue weighted by Gasteiger charge is 2.42. The number of terminal acetylenes is 1. The summed E-state index contributed by atoms with van der Waals surface area (Å²) >= 11 is 0. The second-order valence-corrected chi connectivity index (χ2v) is 13.3. The Morgan fingerprint density at radius 3 is 2.77 bits per heavy atom. The van der Waals surface area contributed by atoms with Crippen LogP contribution in [0.25, 0.3) is 32.9 Å². The molecule has 0 N–H and O–H groups in total. The average Bonchev–Trinajstić information content (AvgIpc) is 3.36. The molecule has 2 fully saturated rings. The van der Waals surface area contributed by atoms with Crippen molar-refractivity contribution >= 4 is 33.4 Å². The first-order valence-corrected chi connectivity index (χ1v) is 16.1. The van der Waals surface area contributed by atoms with Crippen molar-refractivity contribution in [3.8, 4) is 29.6 Å². The van der Waals surface area contributed by atoms with E-state index >= 15 is 4.39 Å². The number of hydrogen-bond donors (Lipinski definition) is 0. The topological polar surface area (TPSA) is 74.7 Å². The van der Waals surface area contributed by atoms with Gasteiger partial charge in [-0.25, -0.2) is 8.78 Å². The number of nitrogens with zero attached hydrogens (tertiary/aromatic N) is 6. The van der Waals surface area contributed by atoms with E-state index in [0.717, 1.165) is 32.2 Å². The van der Waals surface area contributed by atoms with E-state index in [1.807, 2.05) is 16.8 Å². The third kappa shape index (κ3) is 6.00. The van der Waals surface area contributed by atoms with Gasteiger partial charge in [-0.1, -0.05) is 57.0 Å². The first-order chi connectivity index (χ1) is 22.5. The Kier molecular flexibility index (Phi) is 8.86. The molecule has 6 rings (SSSR count). The van der Waals surface area contributed by atoms with Gasteiger partial charge in [0.05, 0.1) is 17.0 Å². The first kappa shape index (κ1) is 32.3. The molecule has 2 atom stereocenters. The summed E-state index contributed by atoms with van der Waals surface area (Å²) in [6.45, 7) is 10.4. The second-order valence-electron chi connectivity index (χ2n) is 13.3. The summed E-state index contributed by atoms with van der Waals surface area (Å²) in [5.74, 6) is 1.48. The van der Waals surface area contributed by atoms with Gasteiger partial charge in [-0.05, 0) is 55.8 Å². The average molecular weight is 639 g/mol. The smallest absolute Gasteiger partial charge is 0.319 e. The Balaban J connectivity index is 1.47. The van der Waals surface area contributed by atoms with Crippen LogP contribution >= 0.6 is 0 Å². The van der Waals surface area contributed by atoms with Gasteiger partial charge < -0.3 is 19.4 Å². The highest BCUT2D eigenvalue weighted by Crippen LogP contribution is 2.39. The quantitative estimate of drug-likeness (QED) is 0.168. The van der Waals surface area contributed by atoms with Gasteiger partial charge in [0.25, 0.3) is 0 Å². The SMILES string of the molecule is C#Cc1c(F)ccc2cccc(-c3ncc4c(N(C)C[C@H]5N(C(=O)C=C)CCC5(C)C)nc(OC[C@@H]5CCCCN5C)nc4c3F)c12. The molecule has 244 valence electrons. The van der Waals surface area contributed by atoms with Crippen molar-refractivity contribution < 1.29 is 18.3 Å². The molecule has 2 aliphatic rings. The molecule has 4 aromatic rings. The summed E-state index contributed by atoms with van der Waals surface area (Å²) in [7, 11) is 3.94. The zero-order valence-corrected chi connectivity index (χ0v) is 27.4. The molecule has 2 saturated heterocycles. The van der Waals surface area contributed by atoms with Crippen molar-refractivity contribution in [1.29, 1.82) is 0 Å². The van der Waals surface area contributed by atoms with Crippen LogP contribution in [0.3, 0.4) is 0 Å². The highest BCUT2D eigenvalue weighted by molar-refractivity contribution is 6.02. The van der Waals surface area contributed by atoms with Gasteiger partial charge in [-0.15, -0.1) is 6.42 Å². The number of hydrogen-bond acceptors (Lipinski definition) is 7. The molecule has 0 aliphatic carbocycles. The van der Waals surface area contributed by atoms with E-state index < -0.39 is 11.6 Å².